The summed E-state index contributed by atoms with van der Waals surface area (Å²) < 4.78 is 27.7. The molecule has 6 N–H and O–H groups in total. The fraction of sp³-hybridized carbons (Fsp3) is 0.0556. The fourth-order valence-electron chi connectivity index (χ4n) is 2.39. The van der Waals surface area contributed by atoms with Crippen molar-refractivity contribution in [2.75, 3.05) is 17.7 Å². The van der Waals surface area contributed by atoms with Crippen LogP contribution in [0.15, 0.2) is 53.4 Å². The van der Waals surface area contributed by atoms with Gasteiger partial charge in [0.2, 0.25) is 10.0 Å². The second kappa shape index (κ2) is 8.49. The van der Waals surface area contributed by atoms with Gasteiger partial charge in [-0.3, -0.25) is 9.59 Å². The number of sulfonamides is 1. The molecule has 30 heavy (non-hydrogen) atoms. The van der Waals surface area contributed by atoms with E-state index in [1.807, 2.05) is 0 Å². The highest BCUT2D eigenvalue weighted by Gasteiger charge is 2.19. The lowest BCUT2D eigenvalue weighted by atomic mass is 10.2. The molecule has 156 valence electrons. The molecule has 0 saturated heterocycles. The summed E-state index contributed by atoms with van der Waals surface area (Å²) in [5, 5.41) is 11.1. The van der Waals surface area contributed by atoms with E-state index in [4.69, 9.17) is 15.6 Å². The zero-order chi connectivity index (χ0) is 21.9. The van der Waals surface area contributed by atoms with Crippen molar-refractivity contribution in [3.05, 3.63) is 59.8 Å². The number of hydrogen-bond donors (Lipinski definition) is 4. The summed E-state index contributed by atoms with van der Waals surface area (Å²) in [7, 11) is -2.29. The highest BCUT2D eigenvalue weighted by atomic mass is 32.2. The van der Waals surface area contributed by atoms with Crippen molar-refractivity contribution in [3.8, 4) is 5.75 Å². The highest BCUT2D eigenvalue weighted by Crippen LogP contribution is 2.31. The van der Waals surface area contributed by atoms with Gasteiger partial charge in [0.1, 0.15) is 10.8 Å². The van der Waals surface area contributed by atoms with Gasteiger partial charge in [0, 0.05) is 11.3 Å². The van der Waals surface area contributed by atoms with Crippen LogP contribution in [-0.4, -0.2) is 32.3 Å². The lowest BCUT2D eigenvalue weighted by Gasteiger charge is -2.05. The van der Waals surface area contributed by atoms with Gasteiger partial charge in [-0.25, -0.2) is 18.5 Å². The van der Waals surface area contributed by atoms with Crippen LogP contribution in [0.25, 0.3) is 0 Å². The summed E-state index contributed by atoms with van der Waals surface area (Å²) >= 11 is 1.00. The number of primary amides is 1. The molecule has 0 aliphatic rings. The number of anilines is 3. The molecule has 0 saturated carbocycles. The van der Waals surface area contributed by atoms with Crippen molar-refractivity contribution in [2.24, 2.45) is 10.9 Å². The number of primary sulfonamides is 1. The van der Waals surface area contributed by atoms with Gasteiger partial charge in [0.15, 0.2) is 10.8 Å². The van der Waals surface area contributed by atoms with Crippen LogP contribution in [0.2, 0.25) is 0 Å². The van der Waals surface area contributed by atoms with Gasteiger partial charge in [-0.15, -0.1) is 0 Å². The normalized spacial score (nSPS) is 11.0. The Kier molecular flexibility index (Phi) is 6.01. The number of methoxy groups -OCH3 is 1. The minimum atomic E-state index is -3.81. The molecule has 0 spiro atoms. The number of carbonyl (C=O) groups excluding carboxylic acids is 2. The summed E-state index contributed by atoms with van der Waals surface area (Å²) in [5.74, 6) is -0.663. The van der Waals surface area contributed by atoms with Gasteiger partial charge in [0.05, 0.1) is 12.0 Å². The summed E-state index contributed by atoms with van der Waals surface area (Å²) in [4.78, 5) is 28.3. The van der Waals surface area contributed by atoms with Crippen LogP contribution in [0.5, 0.6) is 5.75 Å². The van der Waals surface area contributed by atoms with Crippen LogP contribution in [0.1, 0.15) is 20.8 Å². The SMILES string of the molecule is COc1ccc(C(=O)Nc2sc(Nc3ccc(S(N)(=O)=O)cc3)nc2C(N)=O)cc1. The Balaban J connectivity index is 1.80. The number of rotatable bonds is 7. The Bertz CT molecular complexity index is 1190. The molecular weight excluding hydrogens is 430 g/mol. The number of amides is 2. The molecule has 3 aromatic rings. The molecule has 0 aliphatic carbocycles. The third-order valence-electron chi connectivity index (χ3n) is 3.87. The van der Waals surface area contributed by atoms with Gasteiger partial charge in [-0.1, -0.05) is 11.3 Å². The first-order valence-corrected chi connectivity index (χ1v) is 10.7. The van der Waals surface area contributed by atoms with Crippen LogP contribution < -0.4 is 26.2 Å². The van der Waals surface area contributed by atoms with E-state index in [2.05, 4.69) is 15.6 Å². The minimum Gasteiger partial charge on any atom is -0.497 e. The van der Waals surface area contributed by atoms with Crippen molar-refractivity contribution >= 4 is 49.0 Å². The van der Waals surface area contributed by atoms with Crippen LogP contribution >= 0.6 is 11.3 Å². The Morgan fingerprint density at radius 3 is 2.23 bits per heavy atom. The van der Waals surface area contributed by atoms with Crippen LogP contribution in [0, 0.1) is 0 Å². The van der Waals surface area contributed by atoms with E-state index in [9.17, 15) is 18.0 Å². The maximum atomic E-state index is 12.5. The molecule has 12 heteroatoms. The van der Waals surface area contributed by atoms with E-state index in [1.54, 1.807) is 24.3 Å². The largest absolute Gasteiger partial charge is 0.497 e. The summed E-state index contributed by atoms with van der Waals surface area (Å²) in [6.45, 7) is 0. The van der Waals surface area contributed by atoms with Gasteiger partial charge < -0.3 is 21.1 Å². The molecule has 1 heterocycles. The minimum absolute atomic E-state index is 0.0440. The molecule has 0 bridgehead atoms. The Morgan fingerprint density at radius 1 is 1.07 bits per heavy atom. The van der Waals surface area contributed by atoms with E-state index in [-0.39, 0.29) is 20.7 Å². The lowest BCUT2D eigenvalue weighted by Crippen LogP contribution is -2.17. The summed E-state index contributed by atoms with van der Waals surface area (Å²) in [6.07, 6.45) is 0. The Labute approximate surface area is 175 Å². The topological polar surface area (TPSA) is 166 Å². The van der Waals surface area contributed by atoms with Crippen molar-refractivity contribution < 1.29 is 22.7 Å². The van der Waals surface area contributed by atoms with Crippen molar-refractivity contribution in [1.29, 1.82) is 0 Å². The van der Waals surface area contributed by atoms with Crippen LogP contribution in [0.4, 0.5) is 15.8 Å². The average Bonchev–Trinajstić information content (AvgIpc) is 3.10. The Hall–Kier alpha value is -3.48. The molecule has 1 aromatic heterocycles. The zero-order valence-corrected chi connectivity index (χ0v) is 17.2. The molecule has 0 aliphatic heterocycles. The number of carbonyl (C=O) groups is 2. The number of hydrogen-bond acceptors (Lipinski definition) is 8. The van der Waals surface area contributed by atoms with Gasteiger partial charge in [-0.05, 0) is 48.5 Å². The standard InChI is InChI=1S/C18H17N5O5S2/c1-28-12-6-2-10(3-7-12)16(25)23-17-14(15(19)24)22-18(29-17)21-11-4-8-13(9-5-11)30(20,26)27/h2-9H,1H3,(H2,19,24)(H,21,22)(H,23,25)(H2,20,26,27). The number of ether oxygens (including phenoxy) is 1. The number of thiazole rings is 1. The summed E-state index contributed by atoms with van der Waals surface area (Å²) in [6, 6.07) is 12.0. The zero-order valence-electron chi connectivity index (χ0n) is 15.6. The van der Waals surface area contributed by atoms with Crippen LogP contribution in [-0.2, 0) is 10.0 Å². The number of nitrogens with two attached hydrogens (primary N) is 2. The van der Waals surface area contributed by atoms with E-state index in [1.165, 1.54) is 31.4 Å². The molecule has 0 atom stereocenters. The first-order chi connectivity index (χ1) is 14.2. The van der Waals surface area contributed by atoms with Crippen molar-refractivity contribution in [3.63, 3.8) is 0 Å². The Morgan fingerprint density at radius 2 is 1.70 bits per heavy atom. The predicted molar refractivity (Wildman–Crippen MR) is 113 cm³/mol. The van der Waals surface area contributed by atoms with Crippen molar-refractivity contribution in [2.45, 2.75) is 4.90 Å². The van der Waals surface area contributed by atoms with Crippen LogP contribution in [0.3, 0.4) is 0 Å². The molecule has 2 amide bonds. The predicted octanol–water partition coefficient (Wildman–Crippen LogP) is 1.89. The number of aromatic nitrogens is 1. The second-order valence-electron chi connectivity index (χ2n) is 5.94. The number of benzene rings is 2. The maximum Gasteiger partial charge on any atom is 0.270 e. The quantitative estimate of drug-likeness (QED) is 0.429. The van der Waals surface area contributed by atoms with E-state index in [0.29, 0.717) is 17.0 Å². The van der Waals surface area contributed by atoms with Gasteiger partial charge in [0.25, 0.3) is 11.8 Å². The number of nitrogens with one attached hydrogen (secondary N) is 2. The molecule has 0 radical (unpaired) electrons. The molecule has 2 aromatic carbocycles. The molecule has 3 rings (SSSR count). The molecule has 10 nitrogen and oxygen atoms in total. The number of nitrogens with zero attached hydrogens (tertiary/aromatic N) is 1. The maximum absolute atomic E-state index is 12.5. The third kappa shape index (κ3) is 4.92. The van der Waals surface area contributed by atoms with E-state index >= 15 is 0 Å². The van der Waals surface area contributed by atoms with Gasteiger partial charge >= 0.3 is 0 Å². The second-order valence-corrected chi connectivity index (χ2v) is 8.50. The first kappa shape index (κ1) is 21.2. The monoisotopic (exact) mass is 447 g/mol. The third-order valence-corrected chi connectivity index (χ3v) is 5.69. The van der Waals surface area contributed by atoms with Crippen molar-refractivity contribution in [1.82, 2.24) is 4.98 Å². The average molecular weight is 447 g/mol. The molecule has 0 unspecified atom stereocenters. The molecular formula is C18H17N5O5S2. The van der Waals surface area contributed by atoms with E-state index < -0.39 is 21.8 Å². The van der Waals surface area contributed by atoms with E-state index in [0.717, 1.165) is 11.3 Å². The fourth-order valence-corrected chi connectivity index (χ4v) is 3.80. The summed E-state index contributed by atoms with van der Waals surface area (Å²) in [5.41, 5.74) is 6.12. The lowest BCUT2D eigenvalue weighted by molar-refractivity contribution is 0.0997. The first-order valence-electron chi connectivity index (χ1n) is 8.33. The highest BCUT2D eigenvalue weighted by molar-refractivity contribution is 7.89. The smallest absolute Gasteiger partial charge is 0.270 e. The van der Waals surface area contributed by atoms with Gasteiger partial charge in [-0.2, -0.15) is 0 Å². The molecule has 0 fully saturated rings.